The molecule has 0 radical (unpaired) electrons. The van der Waals surface area contributed by atoms with Crippen molar-refractivity contribution in [2.75, 3.05) is 18.5 Å². The molecule has 3 rings (SSSR count). The summed E-state index contributed by atoms with van der Waals surface area (Å²) in [6.45, 7) is 0.505. The lowest BCUT2D eigenvalue weighted by Crippen LogP contribution is -2.25. The van der Waals surface area contributed by atoms with E-state index in [0.717, 1.165) is 16.8 Å². The van der Waals surface area contributed by atoms with Crippen molar-refractivity contribution in [3.8, 4) is 0 Å². The molecule has 0 aliphatic carbocycles. The van der Waals surface area contributed by atoms with Gasteiger partial charge in [-0.2, -0.15) is 0 Å². The fourth-order valence-corrected chi connectivity index (χ4v) is 3.02. The number of carbonyl (C=O) groups is 1. The van der Waals surface area contributed by atoms with E-state index in [4.69, 9.17) is 23.2 Å². The zero-order chi connectivity index (χ0) is 15.7. The minimum atomic E-state index is -0.0663. The number of nitrogens with zero attached hydrogens (tertiary/aromatic N) is 2. The lowest BCUT2D eigenvalue weighted by atomic mass is 10.1. The molecule has 2 aromatic rings. The number of benzene rings is 2. The number of anilines is 1. The van der Waals surface area contributed by atoms with Crippen molar-refractivity contribution in [2.45, 2.75) is 6.42 Å². The van der Waals surface area contributed by atoms with Crippen molar-refractivity contribution in [2.24, 2.45) is 4.99 Å². The van der Waals surface area contributed by atoms with Gasteiger partial charge in [0.2, 0.25) is 0 Å². The van der Waals surface area contributed by atoms with Crippen LogP contribution in [0.25, 0.3) is 0 Å². The molecule has 22 heavy (non-hydrogen) atoms. The smallest absolute Gasteiger partial charge is 0.276 e. The summed E-state index contributed by atoms with van der Waals surface area (Å²) in [6.07, 6.45) is 0.665. The topological polar surface area (TPSA) is 32.7 Å². The number of aliphatic imine (C=N–C) groups is 1. The maximum atomic E-state index is 12.3. The van der Waals surface area contributed by atoms with Gasteiger partial charge in [-0.05, 0) is 30.2 Å². The molecule has 2 aromatic carbocycles. The Bertz CT molecular complexity index is 771. The van der Waals surface area contributed by atoms with Crippen LogP contribution in [0.15, 0.2) is 47.5 Å². The minimum Gasteiger partial charge on any atom is -0.309 e. The normalized spacial score (nSPS) is 15.5. The van der Waals surface area contributed by atoms with E-state index < -0.39 is 0 Å². The Morgan fingerprint density at radius 1 is 1.14 bits per heavy atom. The molecule has 0 aromatic heterocycles. The van der Waals surface area contributed by atoms with Crippen LogP contribution >= 0.6 is 23.2 Å². The molecule has 0 spiro atoms. The van der Waals surface area contributed by atoms with Gasteiger partial charge in [0.05, 0.1) is 5.69 Å². The van der Waals surface area contributed by atoms with Crippen molar-refractivity contribution >= 4 is 40.5 Å². The summed E-state index contributed by atoms with van der Waals surface area (Å²) in [5.41, 5.74) is 3.28. The highest BCUT2D eigenvalue weighted by atomic mass is 35.5. The summed E-state index contributed by atoms with van der Waals surface area (Å²) >= 11 is 12.0. The molecule has 112 valence electrons. The van der Waals surface area contributed by atoms with Gasteiger partial charge in [0.15, 0.2) is 0 Å². The van der Waals surface area contributed by atoms with Crippen LogP contribution < -0.4 is 4.90 Å². The molecule has 1 aliphatic heterocycles. The van der Waals surface area contributed by atoms with Gasteiger partial charge in [0.1, 0.15) is 5.71 Å². The fraction of sp³-hybridized carbons (Fsp3) is 0.176. The van der Waals surface area contributed by atoms with E-state index in [1.54, 1.807) is 24.1 Å². The number of carbonyl (C=O) groups excluding carboxylic acids is 1. The highest BCUT2D eigenvalue weighted by molar-refractivity contribution is 6.54. The van der Waals surface area contributed by atoms with Gasteiger partial charge in [-0.15, -0.1) is 0 Å². The first-order valence-electron chi connectivity index (χ1n) is 6.94. The standard InChI is InChI=1S/C17H14Cl2N2O/c1-21-15-5-3-2-4-13(15)16(17(21)22)20-9-8-11-6-7-12(18)10-14(11)19/h2-7,10H,8-9H2,1H3. The maximum absolute atomic E-state index is 12.3. The number of halogens is 2. The third kappa shape index (κ3) is 2.74. The Labute approximate surface area is 139 Å². The van der Waals surface area contributed by atoms with Crippen LogP contribution in [0.4, 0.5) is 5.69 Å². The summed E-state index contributed by atoms with van der Waals surface area (Å²) in [5.74, 6) is -0.0663. The van der Waals surface area contributed by atoms with Gasteiger partial charge in [0.25, 0.3) is 5.91 Å². The molecular formula is C17H14Cl2N2O. The molecule has 0 unspecified atom stereocenters. The van der Waals surface area contributed by atoms with E-state index in [1.165, 1.54) is 0 Å². The third-order valence-corrected chi connectivity index (χ3v) is 4.28. The van der Waals surface area contributed by atoms with Crippen LogP contribution in [-0.4, -0.2) is 25.2 Å². The number of likely N-dealkylation sites (N-methyl/N-ethyl adjacent to an activating group) is 1. The van der Waals surface area contributed by atoms with Crippen molar-refractivity contribution < 1.29 is 4.79 Å². The van der Waals surface area contributed by atoms with Gasteiger partial charge in [-0.25, -0.2) is 0 Å². The molecule has 5 heteroatoms. The number of rotatable bonds is 3. The van der Waals surface area contributed by atoms with Crippen LogP contribution in [0.5, 0.6) is 0 Å². The highest BCUT2D eigenvalue weighted by Gasteiger charge is 2.30. The second-order valence-electron chi connectivity index (χ2n) is 5.10. The number of hydrogen-bond acceptors (Lipinski definition) is 2. The van der Waals surface area contributed by atoms with Crippen LogP contribution in [-0.2, 0) is 11.2 Å². The minimum absolute atomic E-state index is 0.0663. The molecular weight excluding hydrogens is 319 g/mol. The fourth-order valence-electron chi connectivity index (χ4n) is 2.52. The average molecular weight is 333 g/mol. The van der Waals surface area contributed by atoms with E-state index in [9.17, 15) is 4.79 Å². The Hall–Kier alpha value is -1.84. The molecule has 1 aliphatic rings. The molecule has 0 fully saturated rings. The number of hydrogen-bond donors (Lipinski definition) is 0. The van der Waals surface area contributed by atoms with Crippen LogP contribution in [0.2, 0.25) is 10.0 Å². The van der Waals surface area contributed by atoms with Crippen LogP contribution in [0, 0.1) is 0 Å². The van der Waals surface area contributed by atoms with E-state index in [2.05, 4.69) is 4.99 Å². The first-order chi connectivity index (χ1) is 10.6. The van der Waals surface area contributed by atoms with Gasteiger partial charge in [0, 0.05) is 29.2 Å². The zero-order valence-electron chi connectivity index (χ0n) is 12.0. The Kier molecular flexibility index (Phi) is 4.19. The number of fused-ring (bicyclic) bond motifs is 1. The predicted octanol–water partition coefficient (Wildman–Crippen LogP) is 4.00. The molecule has 1 amide bonds. The molecule has 0 saturated heterocycles. The second-order valence-corrected chi connectivity index (χ2v) is 5.94. The summed E-state index contributed by atoms with van der Waals surface area (Å²) in [6, 6.07) is 13.1. The quantitative estimate of drug-likeness (QED) is 0.836. The molecule has 0 saturated carbocycles. The second kappa shape index (κ2) is 6.11. The average Bonchev–Trinajstić information content (AvgIpc) is 2.75. The molecule has 3 nitrogen and oxygen atoms in total. The lowest BCUT2D eigenvalue weighted by Gasteiger charge is -2.07. The van der Waals surface area contributed by atoms with Crippen molar-refractivity contribution in [3.63, 3.8) is 0 Å². The van der Waals surface area contributed by atoms with Crippen molar-refractivity contribution in [1.29, 1.82) is 0 Å². The first kappa shape index (κ1) is 15.1. The lowest BCUT2D eigenvalue weighted by molar-refractivity contribution is -0.111. The van der Waals surface area contributed by atoms with Crippen molar-refractivity contribution in [3.05, 3.63) is 63.6 Å². The largest absolute Gasteiger partial charge is 0.309 e. The Morgan fingerprint density at radius 2 is 1.91 bits per heavy atom. The van der Waals surface area contributed by atoms with Gasteiger partial charge in [-0.1, -0.05) is 47.5 Å². The van der Waals surface area contributed by atoms with Gasteiger partial charge >= 0.3 is 0 Å². The third-order valence-electron chi connectivity index (χ3n) is 3.69. The highest BCUT2D eigenvalue weighted by Crippen LogP contribution is 2.27. The summed E-state index contributed by atoms with van der Waals surface area (Å²) in [5, 5.41) is 1.24. The monoisotopic (exact) mass is 332 g/mol. The summed E-state index contributed by atoms with van der Waals surface area (Å²) < 4.78 is 0. The van der Waals surface area contributed by atoms with Crippen LogP contribution in [0.3, 0.4) is 0 Å². The summed E-state index contributed by atoms with van der Waals surface area (Å²) in [7, 11) is 1.76. The molecule has 0 N–H and O–H groups in total. The zero-order valence-corrected chi connectivity index (χ0v) is 13.5. The number of para-hydroxylation sites is 1. The predicted molar refractivity (Wildman–Crippen MR) is 91.4 cm³/mol. The SMILES string of the molecule is CN1C(=O)C(=NCCc2ccc(Cl)cc2Cl)c2ccccc21. The molecule has 0 atom stereocenters. The van der Waals surface area contributed by atoms with E-state index in [0.29, 0.717) is 28.7 Å². The Balaban J connectivity index is 1.80. The van der Waals surface area contributed by atoms with Gasteiger partial charge in [-0.3, -0.25) is 9.79 Å². The van der Waals surface area contributed by atoms with Crippen LogP contribution in [0.1, 0.15) is 11.1 Å². The molecule has 1 heterocycles. The molecule has 0 bridgehead atoms. The maximum Gasteiger partial charge on any atom is 0.276 e. The van der Waals surface area contributed by atoms with E-state index >= 15 is 0 Å². The summed E-state index contributed by atoms with van der Waals surface area (Å²) in [4.78, 5) is 18.4. The Morgan fingerprint density at radius 3 is 2.68 bits per heavy atom. The number of amides is 1. The first-order valence-corrected chi connectivity index (χ1v) is 7.69. The van der Waals surface area contributed by atoms with Gasteiger partial charge < -0.3 is 4.90 Å². The van der Waals surface area contributed by atoms with Crippen molar-refractivity contribution in [1.82, 2.24) is 0 Å². The van der Waals surface area contributed by atoms with E-state index in [1.807, 2.05) is 30.3 Å². The van der Waals surface area contributed by atoms with E-state index in [-0.39, 0.29) is 5.91 Å².